The number of H-pyrrole nitrogens is 1. The Hall–Kier alpha value is -2.04. The molecule has 2 rings (SSSR count). The fourth-order valence-electron chi connectivity index (χ4n) is 3.07. The molecule has 0 bridgehead atoms. The first-order valence-electron chi connectivity index (χ1n) is 9.83. The first-order chi connectivity index (χ1) is 13.8. The number of aromatic nitrogens is 3. The van der Waals surface area contributed by atoms with Gasteiger partial charge in [0.05, 0.1) is 4.90 Å². The Balaban J connectivity index is 1.83. The van der Waals surface area contributed by atoms with Gasteiger partial charge in [-0.2, -0.15) is 9.40 Å². The molecule has 10 heteroatoms. The smallest absolute Gasteiger partial charge is 0.243 e. The summed E-state index contributed by atoms with van der Waals surface area (Å²) in [6.07, 6.45) is 1.48. The van der Waals surface area contributed by atoms with E-state index in [4.69, 9.17) is 12.2 Å². The Bertz CT molecular complexity index is 960. The van der Waals surface area contributed by atoms with Crippen molar-refractivity contribution in [3.05, 3.63) is 40.4 Å². The van der Waals surface area contributed by atoms with E-state index in [1.165, 1.54) is 4.31 Å². The lowest BCUT2D eigenvalue weighted by Crippen LogP contribution is -2.30. The van der Waals surface area contributed by atoms with Gasteiger partial charge in [-0.1, -0.05) is 26.0 Å². The van der Waals surface area contributed by atoms with Gasteiger partial charge in [-0.25, -0.2) is 8.42 Å². The second kappa shape index (κ2) is 10.7. The Morgan fingerprint density at radius 3 is 2.41 bits per heavy atom. The van der Waals surface area contributed by atoms with Gasteiger partial charge in [0.2, 0.25) is 15.9 Å². The lowest BCUT2D eigenvalue weighted by molar-refractivity contribution is -0.121. The normalized spacial score (nSPS) is 11.7. The summed E-state index contributed by atoms with van der Waals surface area (Å²) in [5.41, 5.74) is 0.922. The first kappa shape index (κ1) is 23.2. The molecule has 1 aromatic heterocycles. The maximum atomic E-state index is 12.5. The number of rotatable bonds is 11. The molecule has 0 saturated heterocycles. The molecule has 160 valence electrons. The fraction of sp³-hybridized carbons (Fsp3) is 0.526. The van der Waals surface area contributed by atoms with Gasteiger partial charge in [-0.15, -0.1) is 0 Å². The van der Waals surface area contributed by atoms with Crippen LogP contribution in [-0.2, 0) is 34.2 Å². The van der Waals surface area contributed by atoms with Gasteiger partial charge in [0.1, 0.15) is 5.82 Å². The van der Waals surface area contributed by atoms with E-state index in [9.17, 15) is 13.2 Å². The van der Waals surface area contributed by atoms with Crippen molar-refractivity contribution in [1.82, 2.24) is 24.4 Å². The molecule has 8 nitrogen and oxygen atoms in total. The predicted octanol–water partition coefficient (Wildman–Crippen LogP) is 2.28. The average Bonchev–Trinajstić information content (AvgIpc) is 3.07. The molecule has 0 spiro atoms. The van der Waals surface area contributed by atoms with Gasteiger partial charge in [0.15, 0.2) is 4.77 Å². The maximum Gasteiger partial charge on any atom is 0.243 e. The number of nitrogens with zero attached hydrogens (tertiary/aromatic N) is 3. The Labute approximate surface area is 177 Å². The second-order valence-corrected chi connectivity index (χ2v) is 8.85. The summed E-state index contributed by atoms with van der Waals surface area (Å²) in [6.45, 7) is 7.72. The van der Waals surface area contributed by atoms with E-state index in [1.54, 1.807) is 24.3 Å². The van der Waals surface area contributed by atoms with E-state index in [2.05, 4.69) is 15.5 Å². The van der Waals surface area contributed by atoms with Crippen LogP contribution in [0.3, 0.4) is 0 Å². The molecular formula is C19H29N5O3S2. The third-order valence-electron chi connectivity index (χ3n) is 4.73. The van der Waals surface area contributed by atoms with E-state index in [1.807, 2.05) is 25.3 Å². The monoisotopic (exact) mass is 439 g/mol. The van der Waals surface area contributed by atoms with E-state index >= 15 is 0 Å². The summed E-state index contributed by atoms with van der Waals surface area (Å²) >= 11 is 5.15. The van der Waals surface area contributed by atoms with Gasteiger partial charge in [0, 0.05) is 39.0 Å². The minimum atomic E-state index is -3.46. The first-order valence-corrected chi connectivity index (χ1v) is 11.7. The molecular weight excluding hydrogens is 410 g/mol. The molecule has 0 aliphatic heterocycles. The lowest BCUT2D eigenvalue weighted by Gasteiger charge is -2.18. The molecule has 29 heavy (non-hydrogen) atoms. The molecule has 0 unspecified atom stereocenters. The van der Waals surface area contributed by atoms with Crippen LogP contribution in [0.5, 0.6) is 0 Å². The molecule has 0 atom stereocenters. The van der Waals surface area contributed by atoms with Crippen LogP contribution in [-0.4, -0.2) is 53.0 Å². The molecule has 1 heterocycles. The molecule has 1 aromatic carbocycles. The zero-order chi connectivity index (χ0) is 21.4. The van der Waals surface area contributed by atoms with Crippen molar-refractivity contribution in [1.29, 1.82) is 0 Å². The number of carbonyl (C=O) groups is 1. The number of carbonyl (C=O) groups excluding carboxylic acids is 1. The molecule has 0 aliphatic rings. The van der Waals surface area contributed by atoms with E-state index < -0.39 is 10.0 Å². The van der Waals surface area contributed by atoms with Crippen LogP contribution in [0.2, 0.25) is 0 Å². The van der Waals surface area contributed by atoms with Crippen LogP contribution >= 0.6 is 12.2 Å². The maximum absolute atomic E-state index is 12.5. The zero-order valence-corrected chi connectivity index (χ0v) is 18.8. The number of benzene rings is 1. The Kier molecular flexibility index (Phi) is 8.54. The predicted molar refractivity (Wildman–Crippen MR) is 115 cm³/mol. The zero-order valence-electron chi connectivity index (χ0n) is 17.1. The standard InChI is InChI=1S/C19H29N5O3S2/c1-4-23(5-2)29(26,27)16-10-7-15(8-11-16)9-12-18(25)20-14-13-17-21-22-19(28)24(17)6-3/h7-8,10-11H,4-6,9,12-14H2,1-3H3,(H,20,25)(H,22,28). The Morgan fingerprint density at radius 2 is 1.83 bits per heavy atom. The SMILES string of the molecule is CCN(CC)S(=O)(=O)c1ccc(CCC(=O)NCCc2n[nH]c(=S)n2CC)cc1. The number of amides is 1. The molecule has 0 aliphatic carbocycles. The van der Waals surface area contributed by atoms with Crippen molar-refractivity contribution in [2.75, 3.05) is 19.6 Å². The van der Waals surface area contributed by atoms with Crippen molar-refractivity contribution in [2.24, 2.45) is 0 Å². The minimum absolute atomic E-state index is 0.0537. The number of hydrogen-bond donors (Lipinski definition) is 2. The van der Waals surface area contributed by atoms with Gasteiger partial charge >= 0.3 is 0 Å². The average molecular weight is 440 g/mol. The lowest BCUT2D eigenvalue weighted by atomic mass is 10.1. The highest BCUT2D eigenvalue weighted by molar-refractivity contribution is 7.89. The van der Waals surface area contributed by atoms with Crippen LogP contribution < -0.4 is 5.32 Å². The van der Waals surface area contributed by atoms with Crippen LogP contribution in [0.1, 0.15) is 38.6 Å². The van der Waals surface area contributed by atoms with Crippen molar-refractivity contribution >= 4 is 28.1 Å². The van der Waals surface area contributed by atoms with Crippen LogP contribution in [0.15, 0.2) is 29.2 Å². The molecule has 0 fully saturated rings. The largest absolute Gasteiger partial charge is 0.356 e. The summed E-state index contributed by atoms with van der Waals surface area (Å²) in [5, 5.41) is 9.82. The Morgan fingerprint density at radius 1 is 1.17 bits per heavy atom. The fourth-order valence-corrected chi connectivity index (χ4v) is 4.81. The van der Waals surface area contributed by atoms with Gasteiger partial charge < -0.3 is 9.88 Å². The topological polar surface area (TPSA) is 100 Å². The van der Waals surface area contributed by atoms with Crippen molar-refractivity contribution in [2.45, 2.75) is 51.5 Å². The summed E-state index contributed by atoms with van der Waals surface area (Å²) in [5.74, 6) is 0.768. The molecule has 1 amide bonds. The minimum Gasteiger partial charge on any atom is -0.356 e. The highest BCUT2D eigenvalue weighted by Gasteiger charge is 2.21. The highest BCUT2D eigenvalue weighted by atomic mass is 32.2. The molecule has 2 N–H and O–H groups in total. The van der Waals surface area contributed by atoms with Gasteiger partial charge in [-0.05, 0) is 43.3 Å². The number of nitrogens with one attached hydrogen (secondary N) is 2. The number of aromatic amines is 1. The van der Waals surface area contributed by atoms with Gasteiger partial charge in [0.25, 0.3) is 0 Å². The third kappa shape index (κ3) is 5.97. The van der Waals surface area contributed by atoms with Crippen LogP contribution in [0, 0.1) is 4.77 Å². The van der Waals surface area contributed by atoms with Crippen molar-refractivity contribution < 1.29 is 13.2 Å². The van der Waals surface area contributed by atoms with E-state index in [-0.39, 0.29) is 10.8 Å². The number of hydrogen-bond acceptors (Lipinski definition) is 5. The summed E-state index contributed by atoms with van der Waals surface area (Å²) in [7, 11) is -3.46. The van der Waals surface area contributed by atoms with E-state index in [0.29, 0.717) is 43.7 Å². The number of sulfonamides is 1. The summed E-state index contributed by atoms with van der Waals surface area (Å²) in [4.78, 5) is 12.4. The quantitative estimate of drug-likeness (QED) is 0.523. The van der Waals surface area contributed by atoms with Crippen molar-refractivity contribution in [3.63, 3.8) is 0 Å². The van der Waals surface area contributed by atoms with Crippen LogP contribution in [0.4, 0.5) is 0 Å². The van der Waals surface area contributed by atoms with Crippen molar-refractivity contribution in [3.8, 4) is 0 Å². The van der Waals surface area contributed by atoms with E-state index in [0.717, 1.165) is 17.9 Å². The van der Waals surface area contributed by atoms with Crippen LogP contribution in [0.25, 0.3) is 0 Å². The second-order valence-electron chi connectivity index (χ2n) is 6.52. The third-order valence-corrected chi connectivity index (χ3v) is 7.11. The number of aryl methyl sites for hydroxylation is 1. The molecule has 0 saturated carbocycles. The molecule has 0 radical (unpaired) electrons. The summed E-state index contributed by atoms with van der Waals surface area (Å²) in [6, 6.07) is 6.74. The molecule has 2 aromatic rings. The summed E-state index contributed by atoms with van der Waals surface area (Å²) < 4.78 is 28.9. The highest BCUT2D eigenvalue weighted by Crippen LogP contribution is 2.16. The van der Waals surface area contributed by atoms with Gasteiger partial charge in [-0.3, -0.25) is 9.89 Å².